The first kappa shape index (κ1) is 18.4. The van der Waals surface area contributed by atoms with Gasteiger partial charge in [-0.2, -0.15) is 0 Å². The van der Waals surface area contributed by atoms with Crippen LogP contribution in [0.2, 0.25) is 0 Å². The molecule has 0 aliphatic carbocycles. The van der Waals surface area contributed by atoms with Crippen molar-refractivity contribution in [2.45, 2.75) is 46.1 Å². The van der Waals surface area contributed by atoms with Crippen LogP contribution in [-0.4, -0.2) is 42.3 Å². The minimum Gasteiger partial charge on any atom is -0.480 e. The van der Waals surface area contributed by atoms with Crippen molar-refractivity contribution in [1.29, 1.82) is 0 Å². The van der Waals surface area contributed by atoms with Gasteiger partial charge in [0, 0.05) is 6.04 Å². The lowest BCUT2D eigenvalue weighted by atomic mass is 10.0. The molecule has 0 radical (unpaired) electrons. The van der Waals surface area contributed by atoms with Crippen LogP contribution in [0, 0.1) is 5.92 Å². The molecule has 3 amide bonds. The quantitative estimate of drug-likeness (QED) is 0.590. The number of ether oxygens (including phenoxy) is 1. The van der Waals surface area contributed by atoms with Crippen LogP contribution in [0.3, 0.4) is 0 Å². The Kier molecular flexibility index (Phi) is 9.36. The number of aliphatic carboxylic acids is 1. The summed E-state index contributed by atoms with van der Waals surface area (Å²) in [7, 11) is 0. The van der Waals surface area contributed by atoms with Gasteiger partial charge in [-0.15, -0.1) is 0 Å². The number of nitrogens with one attached hydrogen (secondary N) is 2. The number of rotatable bonds is 9. The highest BCUT2D eigenvalue weighted by Crippen LogP contribution is 2.07. The van der Waals surface area contributed by atoms with E-state index < -0.39 is 31.1 Å². The van der Waals surface area contributed by atoms with Gasteiger partial charge in [0.15, 0.2) is 0 Å². The van der Waals surface area contributed by atoms with Crippen molar-refractivity contribution < 1.29 is 24.2 Å². The molecule has 0 spiro atoms. The molecule has 0 fully saturated rings. The molecule has 0 heterocycles. The van der Waals surface area contributed by atoms with Crippen molar-refractivity contribution in [1.82, 2.24) is 10.6 Å². The summed E-state index contributed by atoms with van der Waals surface area (Å²) >= 11 is 0. The molecule has 1 unspecified atom stereocenters. The second-order valence-electron chi connectivity index (χ2n) is 5.13. The predicted molar refractivity (Wildman–Crippen MR) is 73.3 cm³/mol. The number of imide groups is 1. The van der Waals surface area contributed by atoms with E-state index in [2.05, 4.69) is 29.2 Å². The van der Waals surface area contributed by atoms with Crippen LogP contribution < -0.4 is 10.6 Å². The van der Waals surface area contributed by atoms with Crippen molar-refractivity contribution >= 4 is 17.9 Å². The van der Waals surface area contributed by atoms with Gasteiger partial charge in [0.05, 0.1) is 0 Å². The van der Waals surface area contributed by atoms with E-state index in [1.807, 2.05) is 6.92 Å². The molecule has 0 saturated heterocycles. The van der Waals surface area contributed by atoms with Crippen molar-refractivity contribution in [2.75, 3.05) is 13.2 Å². The Morgan fingerprint density at radius 3 is 2.30 bits per heavy atom. The van der Waals surface area contributed by atoms with Gasteiger partial charge < -0.3 is 15.2 Å². The van der Waals surface area contributed by atoms with E-state index in [1.165, 1.54) is 0 Å². The van der Waals surface area contributed by atoms with E-state index in [0.29, 0.717) is 5.92 Å². The Morgan fingerprint density at radius 2 is 1.75 bits per heavy atom. The normalized spacial score (nSPS) is 12.0. The monoisotopic (exact) mass is 288 g/mol. The van der Waals surface area contributed by atoms with Gasteiger partial charge in [0.1, 0.15) is 13.2 Å². The van der Waals surface area contributed by atoms with Crippen molar-refractivity contribution in [3.63, 3.8) is 0 Å². The molecule has 0 rings (SSSR count). The first-order chi connectivity index (χ1) is 9.31. The maximum atomic E-state index is 11.4. The fourth-order valence-corrected chi connectivity index (χ4v) is 1.56. The van der Waals surface area contributed by atoms with E-state index in [9.17, 15) is 14.4 Å². The number of hydrogen-bond acceptors (Lipinski definition) is 4. The molecule has 0 aromatic carbocycles. The highest BCUT2D eigenvalue weighted by molar-refractivity contribution is 5.95. The van der Waals surface area contributed by atoms with Gasteiger partial charge >= 0.3 is 12.0 Å². The Bertz CT molecular complexity index is 331. The zero-order valence-electron chi connectivity index (χ0n) is 12.3. The maximum Gasteiger partial charge on any atom is 0.329 e. The second kappa shape index (κ2) is 10.2. The summed E-state index contributed by atoms with van der Waals surface area (Å²) in [5.41, 5.74) is 0. The van der Waals surface area contributed by atoms with Gasteiger partial charge in [-0.05, 0) is 19.3 Å². The highest BCUT2D eigenvalue weighted by Gasteiger charge is 2.11. The summed E-state index contributed by atoms with van der Waals surface area (Å²) in [4.78, 5) is 32.8. The molecule has 0 bridgehead atoms. The fraction of sp³-hybridized carbons (Fsp3) is 0.769. The molecule has 7 heteroatoms. The Morgan fingerprint density at radius 1 is 1.10 bits per heavy atom. The van der Waals surface area contributed by atoms with Crippen LogP contribution in [0.1, 0.15) is 40.0 Å². The summed E-state index contributed by atoms with van der Waals surface area (Å²) in [6.45, 7) is 5.12. The molecule has 0 aromatic heterocycles. The number of carboxylic acids is 1. The highest BCUT2D eigenvalue weighted by atomic mass is 16.5. The van der Waals surface area contributed by atoms with Crippen LogP contribution >= 0.6 is 0 Å². The minimum atomic E-state index is -1.17. The largest absolute Gasteiger partial charge is 0.480 e. The van der Waals surface area contributed by atoms with Gasteiger partial charge in [-0.3, -0.25) is 10.1 Å². The first-order valence-electron chi connectivity index (χ1n) is 6.71. The van der Waals surface area contributed by atoms with Crippen LogP contribution in [0.25, 0.3) is 0 Å². The van der Waals surface area contributed by atoms with Crippen molar-refractivity contribution in [2.24, 2.45) is 5.92 Å². The molecule has 7 nitrogen and oxygen atoms in total. The zero-order chi connectivity index (χ0) is 15.5. The standard InChI is InChI=1S/C13H24N2O5/c1-9(2)5-4-6-10(3)14-13(19)15-11(16)7-20-8-12(17)18/h9-10H,4-8H2,1-3H3,(H,17,18)(H2,14,15,16,19). The number of hydrogen-bond donors (Lipinski definition) is 3. The lowest BCUT2D eigenvalue weighted by Crippen LogP contribution is -2.44. The second-order valence-corrected chi connectivity index (χ2v) is 5.13. The van der Waals surface area contributed by atoms with E-state index >= 15 is 0 Å². The van der Waals surface area contributed by atoms with Crippen LogP contribution in [0.5, 0.6) is 0 Å². The third-order valence-electron chi connectivity index (χ3n) is 2.51. The number of carbonyl (C=O) groups excluding carboxylic acids is 2. The van der Waals surface area contributed by atoms with E-state index in [1.54, 1.807) is 0 Å². The van der Waals surface area contributed by atoms with Crippen LogP contribution in [-0.2, 0) is 14.3 Å². The summed E-state index contributed by atoms with van der Waals surface area (Å²) in [5.74, 6) is -1.21. The minimum absolute atomic E-state index is 0.0264. The summed E-state index contributed by atoms with van der Waals surface area (Å²) in [6.07, 6.45) is 2.94. The summed E-state index contributed by atoms with van der Waals surface area (Å²) in [6, 6.07) is -0.618. The molecule has 20 heavy (non-hydrogen) atoms. The molecule has 116 valence electrons. The number of amides is 3. The lowest BCUT2D eigenvalue weighted by molar-refractivity contribution is -0.143. The molecule has 0 aliphatic heterocycles. The summed E-state index contributed by atoms with van der Waals surface area (Å²) in [5, 5.41) is 13.0. The Labute approximate surface area is 119 Å². The molecule has 0 saturated carbocycles. The van der Waals surface area contributed by atoms with Crippen LogP contribution in [0.15, 0.2) is 0 Å². The van der Waals surface area contributed by atoms with Gasteiger partial charge in [0.2, 0.25) is 0 Å². The Balaban J connectivity index is 3.75. The average Bonchev–Trinajstić information content (AvgIpc) is 2.26. The molecule has 0 aliphatic rings. The zero-order valence-corrected chi connectivity index (χ0v) is 12.3. The molecule has 3 N–H and O–H groups in total. The van der Waals surface area contributed by atoms with E-state index in [0.717, 1.165) is 19.3 Å². The fourth-order valence-electron chi connectivity index (χ4n) is 1.56. The molecular formula is C13H24N2O5. The van der Waals surface area contributed by atoms with E-state index in [-0.39, 0.29) is 6.04 Å². The third-order valence-corrected chi connectivity index (χ3v) is 2.51. The molecule has 1 atom stereocenters. The lowest BCUT2D eigenvalue weighted by Gasteiger charge is -2.14. The smallest absolute Gasteiger partial charge is 0.329 e. The van der Waals surface area contributed by atoms with Gasteiger partial charge in [-0.1, -0.05) is 26.7 Å². The van der Waals surface area contributed by atoms with Gasteiger partial charge in [-0.25, -0.2) is 9.59 Å². The number of carbonyl (C=O) groups is 3. The summed E-state index contributed by atoms with van der Waals surface area (Å²) < 4.78 is 4.56. The van der Waals surface area contributed by atoms with Gasteiger partial charge in [0.25, 0.3) is 5.91 Å². The Hall–Kier alpha value is -1.63. The topological polar surface area (TPSA) is 105 Å². The molecule has 0 aromatic rings. The number of carboxylic acid groups (broad SMARTS) is 1. The predicted octanol–water partition coefficient (Wildman–Crippen LogP) is 1.13. The third kappa shape index (κ3) is 11.5. The molecular weight excluding hydrogens is 264 g/mol. The van der Waals surface area contributed by atoms with Crippen molar-refractivity contribution in [3.8, 4) is 0 Å². The van der Waals surface area contributed by atoms with Crippen molar-refractivity contribution in [3.05, 3.63) is 0 Å². The van der Waals surface area contributed by atoms with E-state index in [4.69, 9.17) is 5.11 Å². The number of urea groups is 1. The van der Waals surface area contributed by atoms with Crippen LogP contribution in [0.4, 0.5) is 4.79 Å². The average molecular weight is 288 g/mol. The SMILES string of the molecule is CC(C)CCCC(C)NC(=O)NC(=O)COCC(=O)O. The maximum absolute atomic E-state index is 11.4. The first-order valence-corrected chi connectivity index (χ1v) is 6.71.